The molecule has 0 aliphatic heterocycles. The lowest BCUT2D eigenvalue weighted by Crippen LogP contribution is -2.36. The minimum atomic E-state index is 0. The van der Waals surface area contributed by atoms with Crippen molar-refractivity contribution in [3.8, 4) is 0 Å². The molecule has 3 aromatic heterocycles. The van der Waals surface area contributed by atoms with Crippen LogP contribution in [0.2, 0.25) is 0 Å². The highest BCUT2D eigenvalue weighted by molar-refractivity contribution is 14.0. The molecule has 0 unspecified atom stereocenters. The summed E-state index contributed by atoms with van der Waals surface area (Å²) in [6.45, 7) is 9.72. The molecule has 0 saturated carbocycles. The first-order chi connectivity index (χ1) is 12.1. The van der Waals surface area contributed by atoms with Crippen LogP contribution in [0, 0.1) is 20.8 Å². The molecule has 8 heteroatoms. The third-order valence-electron chi connectivity index (χ3n) is 3.97. The maximum Gasteiger partial charge on any atom is 0.214 e. The molecule has 26 heavy (non-hydrogen) atoms. The van der Waals surface area contributed by atoms with E-state index in [9.17, 15) is 0 Å². The molecular formula is C18H25IN6O. The van der Waals surface area contributed by atoms with Crippen molar-refractivity contribution in [2.45, 2.75) is 40.8 Å². The van der Waals surface area contributed by atoms with Crippen molar-refractivity contribution in [1.82, 2.24) is 25.0 Å². The lowest BCUT2D eigenvalue weighted by molar-refractivity contribution is 0.463. The average Bonchev–Trinajstić information content (AvgIpc) is 3.14. The molecule has 140 valence electrons. The van der Waals surface area contributed by atoms with Crippen molar-refractivity contribution < 1.29 is 4.42 Å². The highest BCUT2D eigenvalue weighted by Gasteiger charge is 2.07. The average molecular weight is 468 g/mol. The first-order valence-corrected chi connectivity index (χ1v) is 8.45. The number of oxazole rings is 1. The molecule has 0 aromatic carbocycles. The summed E-state index contributed by atoms with van der Waals surface area (Å²) in [5, 5.41) is 6.47. The predicted molar refractivity (Wildman–Crippen MR) is 113 cm³/mol. The van der Waals surface area contributed by atoms with E-state index in [0.29, 0.717) is 24.9 Å². The second-order valence-corrected chi connectivity index (χ2v) is 5.93. The van der Waals surface area contributed by atoms with Gasteiger partial charge in [0, 0.05) is 18.4 Å². The third kappa shape index (κ3) is 4.75. The number of hydrogen-bond acceptors (Lipinski definition) is 4. The molecular weight excluding hydrogens is 443 g/mol. The number of nitrogens with one attached hydrogen (secondary N) is 2. The normalized spacial score (nSPS) is 11.5. The first kappa shape index (κ1) is 20.2. The van der Waals surface area contributed by atoms with E-state index in [1.165, 1.54) is 0 Å². The Labute approximate surface area is 170 Å². The molecule has 0 aliphatic carbocycles. The fraction of sp³-hybridized carbons (Fsp3) is 0.389. The van der Waals surface area contributed by atoms with Crippen molar-refractivity contribution in [3.05, 3.63) is 53.1 Å². The van der Waals surface area contributed by atoms with Gasteiger partial charge in [-0.1, -0.05) is 6.07 Å². The maximum absolute atomic E-state index is 5.59. The van der Waals surface area contributed by atoms with Crippen LogP contribution in [0.25, 0.3) is 5.65 Å². The van der Waals surface area contributed by atoms with Crippen LogP contribution < -0.4 is 10.6 Å². The molecule has 3 rings (SSSR count). The zero-order valence-corrected chi connectivity index (χ0v) is 17.9. The Morgan fingerprint density at radius 1 is 1.19 bits per heavy atom. The second-order valence-electron chi connectivity index (χ2n) is 5.93. The standard InChI is InChI=1S/C18H24N6O.HI/c1-5-19-18(21-10-17-22-13(3)14(4)25-17)20-9-15-11-24-12(2)7-6-8-16(24)23-15;/h6-8,11H,5,9-10H2,1-4H3,(H2,19,20,21);1H. The molecule has 0 bridgehead atoms. The van der Waals surface area contributed by atoms with Crippen LogP contribution in [-0.2, 0) is 13.1 Å². The number of halogens is 1. The van der Waals surface area contributed by atoms with E-state index in [1.54, 1.807) is 0 Å². The number of nitrogens with zero attached hydrogens (tertiary/aromatic N) is 4. The first-order valence-electron chi connectivity index (χ1n) is 8.45. The summed E-state index contributed by atoms with van der Waals surface area (Å²) in [4.78, 5) is 13.6. The van der Waals surface area contributed by atoms with Crippen LogP contribution in [0.1, 0.15) is 35.7 Å². The molecule has 0 saturated heterocycles. The lowest BCUT2D eigenvalue weighted by Gasteiger charge is -2.09. The van der Waals surface area contributed by atoms with Crippen LogP contribution in [0.4, 0.5) is 0 Å². The molecule has 0 aliphatic rings. The Hall–Kier alpha value is -2.10. The van der Waals surface area contributed by atoms with Gasteiger partial charge in [0.05, 0.1) is 24.5 Å². The van der Waals surface area contributed by atoms with Crippen LogP contribution in [-0.4, -0.2) is 26.9 Å². The highest BCUT2D eigenvalue weighted by Crippen LogP contribution is 2.10. The van der Waals surface area contributed by atoms with Crippen molar-refractivity contribution in [2.24, 2.45) is 4.99 Å². The molecule has 0 atom stereocenters. The molecule has 0 spiro atoms. The number of aryl methyl sites for hydroxylation is 3. The number of rotatable bonds is 5. The van der Waals surface area contributed by atoms with Gasteiger partial charge < -0.3 is 19.5 Å². The monoisotopic (exact) mass is 468 g/mol. The summed E-state index contributed by atoms with van der Waals surface area (Å²) in [7, 11) is 0. The smallest absolute Gasteiger partial charge is 0.214 e. The fourth-order valence-corrected chi connectivity index (χ4v) is 2.55. The van der Waals surface area contributed by atoms with E-state index in [2.05, 4.69) is 43.0 Å². The summed E-state index contributed by atoms with van der Waals surface area (Å²) in [6.07, 6.45) is 2.03. The number of guanidine groups is 1. The van der Waals surface area contributed by atoms with Crippen molar-refractivity contribution in [1.29, 1.82) is 0 Å². The summed E-state index contributed by atoms with van der Waals surface area (Å²) in [6, 6.07) is 6.07. The number of aromatic nitrogens is 3. The van der Waals surface area contributed by atoms with Crippen LogP contribution in [0.15, 0.2) is 33.8 Å². The zero-order chi connectivity index (χ0) is 17.8. The Morgan fingerprint density at radius 2 is 2.00 bits per heavy atom. The second kappa shape index (κ2) is 9.02. The predicted octanol–water partition coefficient (Wildman–Crippen LogP) is 3.12. The topological polar surface area (TPSA) is 79.8 Å². The molecule has 7 nitrogen and oxygen atoms in total. The number of fused-ring (bicyclic) bond motifs is 1. The SMILES string of the molecule is CCNC(=NCc1cn2c(C)cccc2n1)NCc1nc(C)c(C)o1.I. The van der Waals surface area contributed by atoms with Gasteiger partial charge in [-0.25, -0.2) is 15.0 Å². The van der Waals surface area contributed by atoms with Gasteiger partial charge in [-0.2, -0.15) is 0 Å². The van der Waals surface area contributed by atoms with Gasteiger partial charge in [-0.3, -0.25) is 0 Å². The minimum Gasteiger partial charge on any atom is -0.444 e. The van der Waals surface area contributed by atoms with E-state index in [-0.39, 0.29) is 24.0 Å². The molecule has 3 heterocycles. The van der Waals surface area contributed by atoms with Gasteiger partial charge in [-0.15, -0.1) is 24.0 Å². The van der Waals surface area contributed by atoms with Crippen LogP contribution in [0.3, 0.4) is 0 Å². The van der Waals surface area contributed by atoms with Crippen molar-refractivity contribution >= 4 is 35.6 Å². The summed E-state index contributed by atoms with van der Waals surface area (Å²) in [5.41, 5.74) is 3.93. The van der Waals surface area contributed by atoms with Gasteiger partial charge in [0.1, 0.15) is 11.4 Å². The third-order valence-corrected chi connectivity index (χ3v) is 3.97. The minimum absolute atomic E-state index is 0. The lowest BCUT2D eigenvalue weighted by atomic mass is 10.4. The highest BCUT2D eigenvalue weighted by atomic mass is 127. The summed E-state index contributed by atoms with van der Waals surface area (Å²) >= 11 is 0. The largest absolute Gasteiger partial charge is 0.444 e. The summed E-state index contributed by atoms with van der Waals surface area (Å²) in [5.74, 6) is 2.22. The van der Waals surface area contributed by atoms with Gasteiger partial charge in [0.2, 0.25) is 5.89 Å². The Morgan fingerprint density at radius 3 is 2.65 bits per heavy atom. The Bertz CT molecular complexity index is 879. The van der Waals surface area contributed by atoms with Gasteiger partial charge in [-0.05, 0) is 39.8 Å². The van der Waals surface area contributed by atoms with Crippen molar-refractivity contribution in [2.75, 3.05) is 6.54 Å². The number of imidazole rings is 1. The summed E-state index contributed by atoms with van der Waals surface area (Å²) < 4.78 is 7.66. The molecule has 0 amide bonds. The van der Waals surface area contributed by atoms with Crippen LogP contribution in [0.5, 0.6) is 0 Å². The van der Waals surface area contributed by atoms with E-state index < -0.39 is 0 Å². The molecule has 0 radical (unpaired) electrons. The van der Waals surface area contributed by atoms with E-state index in [4.69, 9.17) is 4.42 Å². The fourth-order valence-electron chi connectivity index (χ4n) is 2.55. The molecule has 2 N–H and O–H groups in total. The van der Waals surface area contributed by atoms with E-state index >= 15 is 0 Å². The van der Waals surface area contributed by atoms with Crippen molar-refractivity contribution in [3.63, 3.8) is 0 Å². The van der Waals surface area contributed by atoms with Crippen LogP contribution >= 0.6 is 24.0 Å². The molecule has 0 fully saturated rings. The number of aliphatic imine (C=N–C) groups is 1. The number of pyridine rings is 1. The van der Waals surface area contributed by atoms with Gasteiger partial charge in [0.15, 0.2) is 5.96 Å². The Kier molecular flexibility index (Phi) is 7.01. The van der Waals surface area contributed by atoms with Gasteiger partial charge in [0.25, 0.3) is 0 Å². The maximum atomic E-state index is 5.59. The van der Waals surface area contributed by atoms with E-state index in [0.717, 1.165) is 35.0 Å². The number of hydrogen-bond donors (Lipinski definition) is 2. The quantitative estimate of drug-likeness (QED) is 0.342. The molecule has 3 aromatic rings. The van der Waals surface area contributed by atoms with Gasteiger partial charge >= 0.3 is 0 Å². The Balaban J connectivity index is 0.00000243. The van der Waals surface area contributed by atoms with E-state index in [1.807, 2.05) is 39.1 Å². The zero-order valence-electron chi connectivity index (χ0n) is 15.5.